The van der Waals surface area contributed by atoms with Gasteiger partial charge in [-0.15, -0.1) is 0 Å². The van der Waals surface area contributed by atoms with Crippen LogP contribution < -0.4 is 4.74 Å². The van der Waals surface area contributed by atoms with Gasteiger partial charge in [-0.2, -0.15) is 0 Å². The van der Waals surface area contributed by atoms with Crippen LogP contribution in [-0.2, 0) is 5.41 Å². The zero-order valence-corrected chi connectivity index (χ0v) is 32.0. The quantitative estimate of drug-likeness (QED) is 0.168. The number of pyridine rings is 2. The highest BCUT2D eigenvalue weighted by Crippen LogP contribution is 2.62. The molecule has 0 radical (unpaired) electrons. The summed E-state index contributed by atoms with van der Waals surface area (Å²) in [7, 11) is 0. The van der Waals surface area contributed by atoms with Crippen LogP contribution in [0.3, 0.4) is 0 Å². The van der Waals surface area contributed by atoms with E-state index in [1.165, 1.54) is 10.8 Å². The summed E-state index contributed by atoms with van der Waals surface area (Å²) in [6.45, 7) is 7.82. The van der Waals surface area contributed by atoms with E-state index in [1.54, 1.807) is 0 Å². The van der Waals surface area contributed by atoms with Gasteiger partial charge in [-0.1, -0.05) is 91.0 Å². The molecule has 0 fully saturated rings. The summed E-state index contributed by atoms with van der Waals surface area (Å²) in [5.41, 5.74) is 14.4. The summed E-state index contributed by atoms with van der Waals surface area (Å²) in [4.78, 5) is 14.1. The fraction of sp³-hybridized carbons (Fsp3) is 0.0185. The fourth-order valence-corrected chi connectivity index (χ4v) is 10.2. The SMILES string of the molecule is [C-]#[N+]c1ccc2c(c1)c1cc(-c3cnc4c(c3)C3(c5ccccc5Oc5ccc(-n6c7ccccc7c7ccccc76)cc53)c3cccnc3-4)ccc1n2-c1ccccc1. The number of rotatable bonds is 3. The van der Waals surface area contributed by atoms with Crippen LogP contribution in [0.4, 0.5) is 5.69 Å². The average Bonchev–Trinajstić information content (AvgIpc) is 3.93. The number of para-hydroxylation sites is 4. The third-order valence-corrected chi connectivity index (χ3v) is 12.7. The summed E-state index contributed by atoms with van der Waals surface area (Å²) in [5.74, 6) is 1.62. The molecule has 6 nitrogen and oxygen atoms in total. The average molecular weight is 766 g/mol. The predicted octanol–water partition coefficient (Wildman–Crippen LogP) is 13.4. The summed E-state index contributed by atoms with van der Waals surface area (Å²) >= 11 is 0. The molecule has 1 spiro atoms. The Morgan fingerprint density at radius 2 is 1.10 bits per heavy atom. The largest absolute Gasteiger partial charge is 0.457 e. The Morgan fingerprint density at radius 1 is 0.450 bits per heavy atom. The van der Waals surface area contributed by atoms with Gasteiger partial charge in [0.15, 0.2) is 5.69 Å². The Kier molecular flexibility index (Phi) is 6.62. The van der Waals surface area contributed by atoms with Gasteiger partial charge in [-0.3, -0.25) is 9.97 Å². The van der Waals surface area contributed by atoms with Crippen LogP contribution in [0.2, 0.25) is 0 Å². The van der Waals surface area contributed by atoms with Crippen molar-refractivity contribution in [1.29, 1.82) is 0 Å². The summed E-state index contributed by atoms with van der Waals surface area (Å²) in [6.07, 6.45) is 3.85. The van der Waals surface area contributed by atoms with Crippen LogP contribution in [0.15, 0.2) is 188 Å². The second kappa shape index (κ2) is 12.1. The summed E-state index contributed by atoms with van der Waals surface area (Å²) in [6, 6.07) is 61.9. The number of ether oxygens (including phenoxy) is 1. The first-order valence-electron chi connectivity index (χ1n) is 20.1. The zero-order valence-electron chi connectivity index (χ0n) is 32.0. The van der Waals surface area contributed by atoms with Crippen LogP contribution in [-0.4, -0.2) is 19.1 Å². The van der Waals surface area contributed by atoms with Crippen molar-refractivity contribution in [3.05, 3.63) is 222 Å². The van der Waals surface area contributed by atoms with E-state index in [9.17, 15) is 0 Å². The molecule has 5 heterocycles. The molecule has 60 heavy (non-hydrogen) atoms. The molecule has 0 N–H and O–H groups in total. The van der Waals surface area contributed by atoms with Crippen LogP contribution >= 0.6 is 0 Å². The van der Waals surface area contributed by atoms with Gasteiger partial charge < -0.3 is 13.9 Å². The molecule has 4 aromatic heterocycles. The minimum atomic E-state index is -0.779. The fourth-order valence-electron chi connectivity index (χ4n) is 10.2. The van der Waals surface area contributed by atoms with E-state index in [1.807, 2.05) is 42.7 Å². The second-order valence-corrected chi connectivity index (χ2v) is 15.6. The maximum absolute atomic E-state index is 7.82. The Hall–Kier alpha value is -8.27. The topological polar surface area (TPSA) is 49.2 Å². The van der Waals surface area contributed by atoms with Gasteiger partial charge >= 0.3 is 0 Å². The Balaban J connectivity index is 1.08. The van der Waals surface area contributed by atoms with E-state index in [0.717, 1.165) is 100 Å². The summed E-state index contributed by atoms with van der Waals surface area (Å²) < 4.78 is 11.5. The molecular formula is C54H31N5O. The van der Waals surface area contributed by atoms with Crippen LogP contribution in [0, 0.1) is 6.57 Å². The van der Waals surface area contributed by atoms with Gasteiger partial charge in [0.25, 0.3) is 0 Å². The number of fused-ring (bicyclic) bond motifs is 15. The third-order valence-electron chi connectivity index (χ3n) is 12.7. The Labute approximate surface area is 344 Å². The second-order valence-electron chi connectivity index (χ2n) is 15.6. The lowest BCUT2D eigenvalue weighted by Crippen LogP contribution is -2.32. The first-order chi connectivity index (χ1) is 29.7. The molecule has 11 aromatic rings. The molecule has 1 unspecified atom stereocenters. The molecule has 6 heteroatoms. The minimum absolute atomic E-state index is 0.614. The van der Waals surface area contributed by atoms with Gasteiger partial charge in [0.1, 0.15) is 11.5 Å². The molecular weight excluding hydrogens is 735 g/mol. The lowest BCUT2D eigenvalue weighted by Gasteiger charge is -2.39. The maximum Gasteiger partial charge on any atom is 0.188 e. The van der Waals surface area contributed by atoms with Crippen molar-refractivity contribution >= 4 is 49.3 Å². The van der Waals surface area contributed by atoms with E-state index >= 15 is 0 Å². The van der Waals surface area contributed by atoms with Gasteiger partial charge in [-0.05, 0) is 101 Å². The third kappa shape index (κ3) is 4.30. The van der Waals surface area contributed by atoms with Crippen molar-refractivity contribution in [1.82, 2.24) is 19.1 Å². The molecule has 0 bridgehead atoms. The summed E-state index contributed by atoms with van der Waals surface area (Å²) in [5, 5.41) is 4.54. The van der Waals surface area contributed by atoms with Gasteiger partial charge in [-0.25, -0.2) is 4.85 Å². The monoisotopic (exact) mass is 765 g/mol. The smallest absolute Gasteiger partial charge is 0.188 e. The first-order valence-corrected chi connectivity index (χ1v) is 20.1. The zero-order chi connectivity index (χ0) is 39.5. The molecule has 0 saturated heterocycles. The number of hydrogen-bond donors (Lipinski definition) is 0. The van der Waals surface area contributed by atoms with E-state index < -0.39 is 5.41 Å². The van der Waals surface area contributed by atoms with E-state index in [0.29, 0.717) is 5.69 Å². The van der Waals surface area contributed by atoms with Crippen LogP contribution in [0.25, 0.3) is 82.3 Å². The number of hydrogen-bond acceptors (Lipinski definition) is 3. The number of aromatic nitrogens is 4. The molecule has 0 amide bonds. The van der Waals surface area contributed by atoms with Gasteiger partial charge in [0.05, 0.1) is 45.4 Å². The van der Waals surface area contributed by atoms with E-state index in [2.05, 4.69) is 160 Å². The molecule has 1 aliphatic carbocycles. The molecule has 1 atom stereocenters. The highest BCUT2D eigenvalue weighted by Gasteiger charge is 2.52. The molecule has 7 aromatic carbocycles. The Morgan fingerprint density at radius 3 is 1.92 bits per heavy atom. The standard InChI is InChI=1S/C54H31N5O/c1-55-35-22-25-49-41(30-35)40-28-33(21-24-48(40)58(49)36-12-3-2-4-13-36)34-29-45-53(57-32-34)52-43(17-11-27-56-52)54(45)42-16-7-10-20-50(42)60-51-26-23-37(31-44(51)54)59-46-18-8-5-14-38(46)39-15-6-9-19-47(39)59/h2-32H. The van der Waals surface area contributed by atoms with Crippen molar-refractivity contribution in [3.8, 4) is 45.4 Å². The van der Waals surface area contributed by atoms with Crippen molar-refractivity contribution in [3.63, 3.8) is 0 Å². The molecule has 1 aliphatic heterocycles. The maximum atomic E-state index is 7.82. The molecule has 278 valence electrons. The first kappa shape index (κ1) is 32.8. The van der Waals surface area contributed by atoms with Crippen molar-refractivity contribution < 1.29 is 4.74 Å². The van der Waals surface area contributed by atoms with Crippen molar-refractivity contribution in [2.75, 3.05) is 0 Å². The lowest BCUT2D eigenvalue weighted by atomic mass is 9.66. The number of nitrogens with zero attached hydrogens (tertiary/aromatic N) is 5. The highest BCUT2D eigenvalue weighted by molar-refractivity contribution is 6.12. The van der Waals surface area contributed by atoms with E-state index in [-0.39, 0.29) is 0 Å². The van der Waals surface area contributed by atoms with Crippen molar-refractivity contribution in [2.24, 2.45) is 0 Å². The minimum Gasteiger partial charge on any atom is -0.457 e. The number of benzene rings is 7. The highest BCUT2D eigenvalue weighted by atomic mass is 16.5. The molecule has 0 saturated carbocycles. The normalized spacial score (nSPS) is 14.8. The van der Waals surface area contributed by atoms with Crippen LogP contribution in [0.5, 0.6) is 11.5 Å². The van der Waals surface area contributed by atoms with Gasteiger partial charge in [0, 0.05) is 62.2 Å². The van der Waals surface area contributed by atoms with Crippen molar-refractivity contribution in [2.45, 2.75) is 5.41 Å². The predicted molar refractivity (Wildman–Crippen MR) is 240 cm³/mol. The molecule has 13 rings (SSSR count). The van der Waals surface area contributed by atoms with Crippen LogP contribution in [0.1, 0.15) is 22.3 Å². The molecule has 2 aliphatic rings. The Bertz CT molecular complexity index is 3610. The van der Waals surface area contributed by atoms with Gasteiger partial charge in [0.2, 0.25) is 0 Å². The van der Waals surface area contributed by atoms with E-state index in [4.69, 9.17) is 21.3 Å². The lowest BCUT2D eigenvalue weighted by molar-refractivity contribution is 0.436.